The fraction of sp³-hybridized carbons (Fsp3) is 0.143. The van der Waals surface area contributed by atoms with Crippen LogP contribution in [-0.2, 0) is 16.6 Å². The Kier molecular flexibility index (Phi) is 4.04. The molecule has 18 heavy (non-hydrogen) atoms. The highest BCUT2D eigenvalue weighted by Gasteiger charge is 2.09. The smallest absolute Gasteiger partial charge is 0.0621 e. The molecule has 0 aromatic heterocycles. The van der Waals surface area contributed by atoms with Crippen LogP contribution in [0.25, 0.3) is 0 Å². The van der Waals surface area contributed by atoms with E-state index in [-0.39, 0.29) is 0 Å². The molecule has 0 aliphatic heterocycles. The molecule has 2 N–H and O–H groups in total. The Hall–Kier alpha value is -1.32. The van der Waals surface area contributed by atoms with E-state index in [0.717, 1.165) is 11.1 Å². The van der Waals surface area contributed by atoms with E-state index in [4.69, 9.17) is 17.3 Å². The summed E-state index contributed by atoms with van der Waals surface area (Å²) in [7, 11) is -1.15. The number of hydrogen-bond acceptors (Lipinski definition) is 2. The van der Waals surface area contributed by atoms with Gasteiger partial charge in [0.05, 0.1) is 21.4 Å². The maximum absolute atomic E-state index is 12.2. The second kappa shape index (κ2) is 5.55. The quantitative estimate of drug-likeness (QED) is 0.874. The summed E-state index contributed by atoms with van der Waals surface area (Å²) in [5, 5.41) is 0.654. The molecule has 1 unspecified atom stereocenters. The number of halogens is 1. The first-order valence-electron chi connectivity index (χ1n) is 5.55. The molecule has 1 atom stereocenters. The van der Waals surface area contributed by atoms with Crippen LogP contribution in [0.5, 0.6) is 0 Å². The molecule has 0 heterocycles. The Labute approximate surface area is 114 Å². The molecule has 0 saturated carbocycles. The van der Waals surface area contributed by atoms with E-state index in [2.05, 4.69) is 0 Å². The van der Waals surface area contributed by atoms with Gasteiger partial charge in [0.2, 0.25) is 0 Å². The fourth-order valence-electron chi connectivity index (χ4n) is 1.73. The lowest BCUT2D eigenvalue weighted by molar-refractivity contribution is 0.683. The Bertz CT molecular complexity index is 598. The average Bonchev–Trinajstić information content (AvgIpc) is 2.28. The third kappa shape index (κ3) is 3.12. The number of benzene rings is 2. The number of anilines is 1. The molecule has 2 nitrogen and oxygen atoms in total. The van der Waals surface area contributed by atoms with Crippen molar-refractivity contribution in [1.29, 1.82) is 0 Å². The lowest BCUT2D eigenvalue weighted by atomic mass is 10.2. The van der Waals surface area contributed by atoms with Gasteiger partial charge in [0.1, 0.15) is 0 Å². The predicted octanol–water partition coefficient (Wildman–Crippen LogP) is 3.54. The van der Waals surface area contributed by atoms with E-state index in [1.165, 1.54) is 0 Å². The Morgan fingerprint density at radius 1 is 1.22 bits per heavy atom. The number of hydrogen-bond donors (Lipinski definition) is 1. The fourth-order valence-corrected chi connectivity index (χ4v) is 3.12. The Morgan fingerprint density at radius 3 is 2.67 bits per heavy atom. The maximum atomic E-state index is 12.2. The van der Waals surface area contributed by atoms with Crippen LogP contribution >= 0.6 is 11.6 Å². The topological polar surface area (TPSA) is 43.1 Å². The van der Waals surface area contributed by atoms with Gasteiger partial charge >= 0.3 is 0 Å². The van der Waals surface area contributed by atoms with Crippen molar-refractivity contribution in [3.05, 3.63) is 58.6 Å². The predicted molar refractivity (Wildman–Crippen MR) is 77.2 cm³/mol. The standard InChI is InChI=1S/C14H14ClNOS/c1-10-5-6-14(13(16)7-10)18(17)9-11-3-2-4-12(15)8-11/h2-8H,9,16H2,1H3. The molecule has 0 radical (unpaired) electrons. The van der Waals surface area contributed by atoms with Crippen molar-refractivity contribution in [3.8, 4) is 0 Å². The zero-order valence-electron chi connectivity index (χ0n) is 10.0. The molecule has 94 valence electrons. The summed E-state index contributed by atoms with van der Waals surface area (Å²) in [6.07, 6.45) is 0. The van der Waals surface area contributed by atoms with Crippen molar-refractivity contribution in [1.82, 2.24) is 0 Å². The summed E-state index contributed by atoms with van der Waals surface area (Å²) in [6, 6.07) is 13.0. The normalized spacial score (nSPS) is 12.3. The van der Waals surface area contributed by atoms with Crippen molar-refractivity contribution < 1.29 is 4.21 Å². The molecule has 2 rings (SSSR count). The minimum atomic E-state index is -1.15. The van der Waals surface area contributed by atoms with Gasteiger partial charge in [-0.15, -0.1) is 0 Å². The number of rotatable bonds is 3. The van der Waals surface area contributed by atoms with Crippen LogP contribution < -0.4 is 5.73 Å². The second-order valence-electron chi connectivity index (χ2n) is 4.16. The highest BCUT2D eigenvalue weighted by molar-refractivity contribution is 7.84. The van der Waals surface area contributed by atoms with Crippen LogP contribution in [-0.4, -0.2) is 4.21 Å². The van der Waals surface area contributed by atoms with Gasteiger partial charge in [-0.3, -0.25) is 4.21 Å². The molecule has 0 amide bonds. The molecular formula is C14H14ClNOS. The van der Waals surface area contributed by atoms with E-state index >= 15 is 0 Å². The van der Waals surface area contributed by atoms with Crippen molar-refractivity contribution in [2.45, 2.75) is 17.6 Å². The molecule has 0 aliphatic carbocycles. The highest BCUT2D eigenvalue weighted by Crippen LogP contribution is 2.21. The first-order chi connectivity index (χ1) is 8.56. The van der Waals surface area contributed by atoms with Crippen molar-refractivity contribution in [2.24, 2.45) is 0 Å². The Balaban J connectivity index is 2.22. The summed E-state index contributed by atoms with van der Waals surface area (Å²) >= 11 is 5.90. The van der Waals surface area contributed by atoms with E-state index in [9.17, 15) is 4.21 Å². The largest absolute Gasteiger partial charge is 0.398 e. The highest BCUT2D eigenvalue weighted by atomic mass is 35.5. The molecule has 2 aromatic rings. The third-order valence-corrected chi connectivity index (χ3v) is 4.29. The van der Waals surface area contributed by atoms with Gasteiger partial charge in [-0.25, -0.2) is 0 Å². The van der Waals surface area contributed by atoms with Gasteiger partial charge < -0.3 is 5.73 Å². The van der Waals surface area contributed by atoms with Gasteiger partial charge in [-0.1, -0.05) is 29.8 Å². The summed E-state index contributed by atoms with van der Waals surface area (Å²) in [5.74, 6) is 0.424. The molecule has 0 spiro atoms. The van der Waals surface area contributed by atoms with Crippen molar-refractivity contribution in [2.75, 3.05) is 5.73 Å². The maximum Gasteiger partial charge on any atom is 0.0621 e. The van der Waals surface area contributed by atoms with Crippen molar-refractivity contribution in [3.63, 3.8) is 0 Å². The van der Waals surface area contributed by atoms with Crippen LogP contribution in [0, 0.1) is 6.92 Å². The lowest BCUT2D eigenvalue weighted by Crippen LogP contribution is -2.01. The van der Waals surface area contributed by atoms with Gasteiger partial charge in [-0.2, -0.15) is 0 Å². The van der Waals surface area contributed by atoms with E-state index in [0.29, 0.717) is 21.4 Å². The second-order valence-corrected chi connectivity index (χ2v) is 6.02. The van der Waals surface area contributed by atoms with E-state index < -0.39 is 10.8 Å². The first kappa shape index (κ1) is 13.1. The van der Waals surface area contributed by atoms with Crippen molar-refractivity contribution >= 4 is 28.1 Å². The molecule has 2 aromatic carbocycles. The monoisotopic (exact) mass is 279 g/mol. The number of nitrogen functional groups attached to an aromatic ring is 1. The number of aryl methyl sites for hydroxylation is 1. The average molecular weight is 280 g/mol. The Morgan fingerprint density at radius 2 is 2.00 bits per heavy atom. The van der Waals surface area contributed by atoms with Gasteiger partial charge in [0, 0.05) is 10.7 Å². The molecule has 0 fully saturated rings. The minimum Gasteiger partial charge on any atom is -0.398 e. The third-order valence-electron chi connectivity index (χ3n) is 2.60. The number of nitrogens with two attached hydrogens (primary N) is 1. The van der Waals surface area contributed by atoms with Gasteiger partial charge in [0.25, 0.3) is 0 Å². The van der Waals surface area contributed by atoms with E-state index in [1.54, 1.807) is 6.07 Å². The van der Waals surface area contributed by atoms with Crippen LogP contribution in [0.2, 0.25) is 5.02 Å². The zero-order chi connectivity index (χ0) is 13.1. The van der Waals surface area contributed by atoms with Crippen LogP contribution in [0.15, 0.2) is 47.4 Å². The summed E-state index contributed by atoms with van der Waals surface area (Å²) in [4.78, 5) is 0.681. The molecule has 0 saturated heterocycles. The minimum absolute atomic E-state index is 0.424. The molecule has 0 aliphatic rings. The van der Waals surface area contributed by atoms with Crippen LogP contribution in [0.3, 0.4) is 0 Å². The molecule has 4 heteroatoms. The summed E-state index contributed by atoms with van der Waals surface area (Å²) < 4.78 is 12.2. The lowest BCUT2D eigenvalue weighted by Gasteiger charge is -2.07. The molecule has 0 bridgehead atoms. The van der Waals surface area contributed by atoms with Gasteiger partial charge in [-0.05, 0) is 42.3 Å². The van der Waals surface area contributed by atoms with Crippen LogP contribution in [0.4, 0.5) is 5.69 Å². The summed E-state index contributed by atoms with van der Waals surface area (Å²) in [6.45, 7) is 1.96. The SMILES string of the molecule is Cc1ccc(S(=O)Cc2cccc(Cl)c2)c(N)c1. The zero-order valence-corrected chi connectivity index (χ0v) is 11.6. The van der Waals surface area contributed by atoms with Gasteiger partial charge in [0.15, 0.2) is 0 Å². The van der Waals surface area contributed by atoms with Crippen LogP contribution in [0.1, 0.15) is 11.1 Å². The summed E-state index contributed by atoms with van der Waals surface area (Å²) in [5.41, 5.74) is 8.48. The molecular weight excluding hydrogens is 266 g/mol. The first-order valence-corrected chi connectivity index (χ1v) is 7.25. The van der Waals surface area contributed by atoms with E-state index in [1.807, 2.05) is 43.3 Å².